The highest BCUT2D eigenvalue weighted by molar-refractivity contribution is 8.01. The van der Waals surface area contributed by atoms with Crippen LogP contribution in [0.4, 0.5) is 0 Å². The molecule has 0 amide bonds. The van der Waals surface area contributed by atoms with Crippen LogP contribution in [0.15, 0.2) is 0 Å². The van der Waals surface area contributed by atoms with E-state index in [1.54, 1.807) is 0 Å². The Morgan fingerprint density at radius 1 is 1.06 bits per heavy atom. The van der Waals surface area contributed by atoms with Crippen LogP contribution in [-0.4, -0.2) is 10.5 Å². The summed E-state index contributed by atoms with van der Waals surface area (Å²) < 4.78 is 0. The highest BCUT2D eigenvalue weighted by atomic mass is 32.2. The number of nitrogens with zero attached hydrogens (tertiary/aromatic N) is 1. The van der Waals surface area contributed by atoms with E-state index in [2.05, 4.69) is 13.0 Å². The van der Waals surface area contributed by atoms with Gasteiger partial charge in [0.1, 0.15) is 0 Å². The Morgan fingerprint density at radius 2 is 1.69 bits per heavy atom. The van der Waals surface area contributed by atoms with E-state index in [0.29, 0.717) is 5.25 Å². The third-order valence-corrected chi connectivity index (χ3v) is 5.77. The first-order valence-electron chi connectivity index (χ1n) is 6.86. The fourth-order valence-corrected chi connectivity index (χ4v) is 4.88. The standard InChI is InChI=1S/C14H23NS/c1-11-14(9-13(10-15)16-11)12-7-5-3-2-4-6-8-12/h11-14H,2-9H2,1H3/t11-,13?,14?/m1/s1. The average molecular weight is 237 g/mol. The van der Waals surface area contributed by atoms with Crippen molar-refractivity contribution in [3.63, 3.8) is 0 Å². The maximum Gasteiger partial charge on any atom is 0.0922 e. The molecular weight excluding hydrogens is 214 g/mol. The molecule has 0 bridgehead atoms. The van der Waals surface area contributed by atoms with Crippen LogP contribution in [0, 0.1) is 23.2 Å². The molecule has 1 heterocycles. The third-order valence-electron chi connectivity index (χ3n) is 4.37. The van der Waals surface area contributed by atoms with E-state index in [1.165, 1.54) is 44.9 Å². The quantitative estimate of drug-likeness (QED) is 0.675. The van der Waals surface area contributed by atoms with Crippen LogP contribution in [0.3, 0.4) is 0 Å². The fraction of sp³-hybridized carbons (Fsp3) is 0.929. The van der Waals surface area contributed by atoms with E-state index >= 15 is 0 Å². The lowest BCUT2D eigenvalue weighted by atomic mass is 9.78. The first-order chi connectivity index (χ1) is 7.81. The van der Waals surface area contributed by atoms with Gasteiger partial charge in [-0.05, 0) is 18.3 Å². The van der Waals surface area contributed by atoms with Gasteiger partial charge in [0.2, 0.25) is 0 Å². The molecule has 90 valence electrons. The Kier molecular flexibility index (Phi) is 4.58. The van der Waals surface area contributed by atoms with Gasteiger partial charge in [-0.15, -0.1) is 11.8 Å². The molecule has 2 heteroatoms. The van der Waals surface area contributed by atoms with Crippen LogP contribution in [0.25, 0.3) is 0 Å². The zero-order chi connectivity index (χ0) is 11.4. The van der Waals surface area contributed by atoms with Gasteiger partial charge in [-0.25, -0.2) is 0 Å². The number of hydrogen-bond donors (Lipinski definition) is 0. The first-order valence-corrected chi connectivity index (χ1v) is 7.80. The average Bonchev–Trinajstić information content (AvgIpc) is 2.60. The number of thioether (sulfide) groups is 1. The molecule has 3 atom stereocenters. The molecular formula is C14H23NS. The number of nitriles is 1. The van der Waals surface area contributed by atoms with Crippen molar-refractivity contribution in [1.82, 2.24) is 0 Å². The Hall–Kier alpha value is -0.160. The maximum absolute atomic E-state index is 9.03. The molecule has 1 nitrogen and oxygen atoms in total. The van der Waals surface area contributed by atoms with Gasteiger partial charge in [0.05, 0.1) is 11.3 Å². The predicted octanol–water partition coefficient (Wildman–Crippen LogP) is 4.38. The minimum Gasteiger partial charge on any atom is -0.197 e. The largest absolute Gasteiger partial charge is 0.197 e. The normalized spacial score (nSPS) is 37.6. The second-order valence-electron chi connectivity index (χ2n) is 5.46. The van der Waals surface area contributed by atoms with Crippen molar-refractivity contribution in [3.05, 3.63) is 0 Å². The summed E-state index contributed by atoms with van der Waals surface area (Å²) >= 11 is 1.92. The van der Waals surface area contributed by atoms with Gasteiger partial charge < -0.3 is 0 Å². The Morgan fingerprint density at radius 3 is 2.25 bits per heavy atom. The van der Waals surface area contributed by atoms with Crippen molar-refractivity contribution in [2.24, 2.45) is 11.8 Å². The van der Waals surface area contributed by atoms with E-state index in [1.807, 2.05) is 11.8 Å². The molecule has 2 fully saturated rings. The second-order valence-corrected chi connectivity index (χ2v) is 7.05. The summed E-state index contributed by atoms with van der Waals surface area (Å²) in [5.41, 5.74) is 0. The number of rotatable bonds is 1. The fourth-order valence-electron chi connectivity index (χ4n) is 3.43. The van der Waals surface area contributed by atoms with Crippen molar-refractivity contribution < 1.29 is 0 Å². The van der Waals surface area contributed by atoms with Gasteiger partial charge >= 0.3 is 0 Å². The molecule has 2 unspecified atom stereocenters. The van der Waals surface area contributed by atoms with E-state index in [4.69, 9.17) is 5.26 Å². The van der Waals surface area contributed by atoms with Gasteiger partial charge in [-0.1, -0.05) is 51.9 Å². The van der Waals surface area contributed by atoms with Crippen LogP contribution < -0.4 is 0 Å². The molecule has 0 spiro atoms. The molecule has 16 heavy (non-hydrogen) atoms. The van der Waals surface area contributed by atoms with Crippen molar-refractivity contribution in [3.8, 4) is 6.07 Å². The molecule has 2 rings (SSSR count). The van der Waals surface area contributed by atoms with Crippen LogP contribution in [0.2, 0.25) is 0 Å². The van der Waals surface area contributed by atoms with Crippen LogP contribution in [-0.2, 0) is 0 Å². The Bertz CT molecular complexity index is 250. The SMILES string of the molecule is C[C@H]1SC(C#N)CC1C1CCCCCCC1. The van der Waals surface area contributed by atoms with Gasteiger partial charge in [0, 0.05) is 5.25 Å². The van der Waals surface area contributed by atoms with E-state index in [0.717, 1.165) is 18.3 Å². The first kappa shape index (κ1) is 12.3. The van der Waals surface area contributed by atoms with Crippen LogP contribution in [0.1, 0.15) is 58.3 Å². The van der Waals surface area contributed by atoms with E-state index < -0.39 is 0 Å². The molecule has 0 aromatic heterocycles. The molecule has 0 N–H and O–H groups in total. The number of hydrogen-bond acceptors (Lipinski definition) is 2. The summed E-state index contributed by atoms with van der Waals surface area (Å²) in [7, 11) is 0. The molecule has 2 aliphatic rings. The Balaban J connectivity index is 1.92. The zero-order valence-corrected chi connectivity index (χ0v) is 11.1. The van der Waals surface area contributed by atoms with Gasteiger partial charge in [-0.2, -0.15) is 5.26 Å². The summed E-state index contributed by atoms with van der Waals surface area (Å²) in [6, 6.07) is 2.45. The topological polar surface area (TPSA) is 23.8 Å². The van der Waals surface area contributed by atoms with Gasteiger partial charge in [0.25, 0.3) is 0 Å². The third kappa shape index (κ3) is 2.94. The van der Waals surface area contributed by atoms with Gasteiger partial charge in [0.15, 0.2) is 0 Å². The second kappa shape index (κ2) is 5.96. The summed E-state index contributed by atoms with van der Waals surface area (Å²) in [4.78, 5) is 0. The predicted molar refractivity (Wildman–Crippen MR) is 70.4 cm³/mol. The molecule has 0 aromatic rings. The smallest absolute Gasteiger partial charge is 0.0922 e. The summed E-state index contributed by atoms with van der Waals surface area (Å²) in [6.45, 7) is 2.34. The van der Waals surface area contributed by atoms with E-state index in [-0.39, 0.29) is 5.25 Å². The molecule has 1 saturated heterocycles. The lowest BCUT2D eigenvalue weighted by Gasteiger charge is -2.27. The summed E-state index contributed by atoms with van der Waals surface area (Å²) in [5.74, 6) is 1.74. The Labute approximate surface area is 104 Å². The zero-order valence-electron chi connectivity index (χ0n) is 10.3. The molecule has 1 aliphatic carbocycles. The highest BCUT2D eigenvalue weighted by Gasteiger charge is 2.36. The lowest BCUT2D eigenvalue weighted by Crippen LogP contribution is -2.21. The molecule has 1 saturated carbocycles. The highest BCUT2D eigenvalue weighted by Crippen LogP contribution is 2.45. The monoisotopic (exact) mass is 237 g/mol. The minimum absolute atomic E-state index is 0.283. The van der Waals surface area contributed by atoms with Crippen molar-refractivity contribution in [1.29, 1.82) is 5.26 Å². The van der Waals surface area contributed by atoms with Crippen LogP contribution in [0.5, 0.6) is 0 Å². The van der Waals surface area contributed by atoms with Crippen molar-refractivity contribution in [2.75, 3.05) is 0 Å². The summed E-state index contributed by atoms with van der Waals surface area (Å²) in [5, 5.41) is 10.0. The molecule has 0 aromatic carbocycles. The van der Waals surface area contributed by atoms with Gasteiger partial charge in [-0.3, -0.25) is 0 Å². The van der Waals surface area contributed by atoms with E-state index in [9.17, 15) is 0 Å². The van der Waals surface area contributed by atoms with Crippen molar-refractivity contribution in [2.45, 2.75) is 68.8 Å². The minimum atomic E-state index is 0.283. The molecule has 1 aliphatic heterocycles. The van der Waals surface area contributed by atoms with Crippen molar-refractivity contribution >= 4 is 11.8 Å². The summed E-state index contributed by atoms with van der Waals surface area (Å²) in [6.07, 6.45) is 11.2. The van der Waals surface area contributed by atoms with Crippen LogP contribution >= 0.6 is 11.8 Å². The maximum atomic E-state index is 9.03. The molecule has 0 radical (unpaired) electrons. The lowest BCUT2D eigenvalue weighted by molar-refractivity contribution is 0.262.